The molecule has 31 heavy (non-hydrogen) atoms. The van der Waals surface area contributed by atoms with E-state index in [1.54, 1.807) is 16.9 Å². The van der Waals surface area contributed by atoms with Gasteiger partial charge in [-0.2, -0.15) is 4.98 Å². The summed E-state index contributed by atoms with van der Waals surface area (Å²) < 4.78 is 7.76. The second-order valence-corrected chi connectivity index (χ2v) is 7.32. The van der Waals surface area contributed by atoms with Gasteiger partial charge in [-0.1, -0.05) is 72.8 Å². The Bertz CT molecular complexity index is 1440. The average molecular weight is 407 g/mol. The number of ether oxygens (including phenoxy) is 1. The number of nitrogens with zero attached hydrogens (tertiary/aromatic N) is 3. The number of hydrogen-bond acceptors (Lipinski definition) is 4. The third-order valence-electron chi connectivity index (χ3n) is 5.38. The first-order chi connectivity index (χ1) is 15.3. The highest BCUT2D eigenvalue weighted by Crippen LogP contribution is 2.31. The summed E-state index contributed by atoms with van der Waals surface area (Å²) in [6, 6.07) is 24.1. The quantitative estimate of drug-likeness (QED) is 0.416. The van der Waals surface area contributed by atoms with Crippen molar-refractivity contribution in [2.45, 2.75) is 13.3 Å². The van der Waals surface area contributed by atoms with Crippen LogP contribution >= 0.6 is 0 Å². The summed E-state index contributed by atoms with van der Waals surface area (Å²) in [5, 5.41) is 2.20. The first-order valence-corrected chi connectivity index (χ1v) is 10.3. The second-order valence-electron chi connectivity index (χ2n) is 7.32. The molecule has 5 rings (SSSR count). The summed E-state index contributed by atoms with van der Waals surface area (Å²) >= 11 is 0. The average Bonchev–Trinajstić information content (AvgIpc) is 2.81. The van der Waals surface area contributed by atoms with Crippen LogP contribution in [0.4, 0.5) is 0 Å². The lowest BCUT2D eigenvalue weighted by Crippen LogP contribution is -2.20. The molecule has 0 aliphatic carbocycles. The molecule has 0 spiro atoms. The summed E-state index contributed by atoms with van der Waals surface area (Å²) in [5.41, 5.74) is 3.59. The topological polar surface area (TPSA) is 56.5 Å². The highest BCUT2D eigenvalue weighted by Gasteiger charge is 2.18. The van der Waals surface area contributed by atoms with Gasteiger partial charge in [-0.15, -0.1) is 0 Å². The zero-order valence-corrected chi connectivity index (χ0v) is 17.2. The number of benzene rings is 3. The fraction of sp³-hybridized carbons (Fsp3) is 0.115. The molecule has 0 saturated carbocycles. The van der Waals surface area contributed by atoms with Crippen LogP contribution < -0.4 is 10.3 Å². The largest absolute Gasteiger partial charge is 0.478 e. The molecule has 2 heterocycles. The van der Waals surface area contributed by atoms with Crippen LogP contribution in [0.5, 0.6) is 5.88 Å². The Balaban J connectivity index is 1.77. The smallest absolute Gasteiger partial charge is 0.280 e. The van der Waals surface area contributed by atoms with Crippen molar-refractivity contribution in [3.63, 3.8) is 0 Å². The Morgan fingerprint density at radius 1 is 0.903 bits per heavy atom. The van der Waals surface area contributed by atoms with Crippen molar-refractivity contribution < 1.29 is 4.74 Å². The van der Waals surface area contributed by atoms with Crippen LogP contribution in [-0.2, 0) is 6.42 Å². The zero-order chi connectivity index (χ0) is 21.2. The molecule has 0 saturated heterocycles. The third-order valence-corrected chi connectivity index (χ3v) is 5.38. The molecule has 3 aromatic carbocycles. The lowest BCUT2D eigenvalue weighted by atomic mass is 10.00. The molecule has 0 N–H and O–H groups in total. The van der Waals surface area contributed by atoms with E-state index in [-0.39, 0.29) is 5.56 Å². The van der Waals surface area contributed by atoms with Crippen LogP contribution in [0.25, 0.3) is 27.5 Å². The van der Waals surface area contributed by atoms with E-state index < -0.39 is 0 Å². The number of aromatic nitrogens is 3. The molecule has 5 nitrogen and oxygen atoms in total. The molecule has 5 aromatic rings. The number of hydrogen-bond donors (Lipinski definition) is 0. The number of fused-ring (bicyclic) bond motifs is 2. The highest BCUT2D eigenvalue weighted by atomic mass is 16.5. The lowest BCUT2D eigenvalue weighted by Gasteiger charge is -2.16. The van der Waals surface area contributed by atoms with E-state index in [1.165, 1.54) is 0 Å². The van der Waals surface area contributed by atoms with Gasteiger partial charge in [0.15, 0.2) is 5.65 Å². The van der Waals surface area contributed by atoms with Gasteiger partial charge in [-0.05, 0) is 28.8 Å². The fourth-order valence-corrected chi connectivity index (χ4v) is 3.97. The summed E-state index contributed by atoms with van der Waals surface area (Å²) in [4.78, 5) is 22.1. The van der Waals surface area contributed by atoms with Crippen LogP contribution in [0, 0.1) is 0 Å². The van der Waals surface area contributed by atoms with Crippen LogP contribution in [0.1, 0.15) is 18.1 Å². The maximum Gasteiger partial charge on any atom is 0.280 e. The van der Waals surface area contributed by atoms with E-state index in [2.05, 4.69) is 28.2 Å². The first-order valence-electron chi connectivity index (χ1n) is 10.3. The minimum Gasteiger partial charge on any atom is -0.478 e. The Labute approximate surface area is 179 Å². The SMILES string of the molecule is CCOc1c(Cc2ccccc2)c(=O)nc2c(-c3cccc4ccccc34)cncn12. The minimum atomic E-state index is -0.278. The van der Waals surface area contributed by atoms with Crippen LogP contribution in [-0.4, -0.2) is 21.0 Å². The lowest BCUT2D eigenvalue weighted by molar-refractivity contribution is 0.317. The van der Waals surface area contributed by atoms with Gasteiger partial charge in [0, 0.05) is 18.2 Å². The standard InChI is InChI=1S/C26H21N3O2/c1-2-31-26-22(15-18-9-4-3-5-10-18)25(30)28-24-23(16-27-17-29(24)26)21-14-8-12-19-11-6-7-13-20(19)21/h3-14,16-17H,2,15H2,1H3. The maximum atomic E-state index is 13.2. The van der Waals surface area contributed by atoms with Gasteiger partial charge in [0.2, 0.25) is 5.88 Å². The third kappa shape index (κ3) is 3.44. The molecule has 0 radical (unpaired) electrons. The highest BCUT2D eigenvalue weighted by molar-refractivity contribution is 5.99. The maximum absolute atomic E-state index is 13.2. The van der Waals surface area contributed by atoms with E-state index in [1.807, 2.05) is 61.5 Å². The Hall–Kier alpha value is -3.99. The van der Waals surface area contributed by atoms with Crippen LogP contribution in [0.15, 0.2) is 90.1 Å². The fourth-order valence-electron chi connectivity index (χ4n) is 3.97. The molecule has 0 bridgehead atoms. The molecule has 152 valence electrons. The molecule has 0 unspecified atom stereocenters. The second kappa shape index (κ2) is 8.03. The first kappa shape index (κ1) is 19.0. The van der Waals surface area contributed by atoms with E-state index in [0.29, 0.717) is 30.1 Å². The van der Waals surface area contributed by atoms with E-state index in [9.17, 15) is 4.79 Å². The van der Waals surface area contributed by atoms with E-state index in [0.717, 1.165) is 27.5 Å². The monoisotopic (exact) mass is 407 g/mol. The van der Waals surface area contributed by atoms with Crippen molar-refractivity contribution in [3.8, 4) is 17.0 Å². The molecule has 0 fully saturated rings. The predicted molar refractivity (Wildman–Crippen MR) is 123 cm³/mol. The molecule has 5 heteroatoms. The summed E-state index contributed by atoms with van der Waals surface area (Å²) in [5.74, 6) is 0.496. The zero-order valence-electron chi connectivity index (χ0n) is 17.2. The molecule has 2 aromatic heterocycles. The van der Waals surface area contributed by atoms with Gasteiger partial charge in [-0.25, -0.2) is 4.98 Å². The van der Waals surface area contributed by atoms with Gasteiger partial charge in [-0.3, -0.25) is 9.20 Å². The van der Waals surface area contributed by atoms with Crippen LogP contribution in [0.3, 0.4) is 0 Å². The summed E-state index contributed by atoms with van der Waals surface area (Å²) in [7, 11) is 0. The van der Waals surface area contributed by atoms with Crippen LogP contribution in [0.2, 0.25) is 0 Å². The van der Waals surface area contributed by atoms with Crippen molar-refractivity contribution >= 4 is 16.4 Å². The predicted octanol–water partition coefficient (Wildman–Crippen LogP) is 4.90. The normalized spacial score (nSPS) is 11.1. The van der Waals surface area contributed by atoms with Crippen molar-refractivity contribution in [3.05, 3.63) is 107 Å². The molecular weight excluding hydrogens is 386 g/mol. The number of rotatable bonds is 5. The van der Waals surface area contributed by atoms with Crippen molar-refractivity contribution in [1.29, 1.82) is 0 Å². The van der Waals surface area contributed by atoms with Gasteiger partial charge >= 0.3 is 0 Å². The molecule has 0 aliphatic heterocycles. The van der Waals surface area contributed by atoms with Crippen molar-refractivity contribution in [1.82, 2.24) is 14.4 Å². The van der Waals surface area contributed by atoms with Gasteiger partial charge in [0.05, 0.1) is 12.2 Å². The van der Waals surface area contributed by atoms with E-state index >= 15 is 0 Å². The Morgan fingerprint density at radius 3 is 2.52 bits per heavy atom. The van der Waals surface area contributed by atoms with Gasteiger partial charge in [0.1, 0.15) is 6.33 Å². The van der Waals surface area contributed by atoms with E-state index in [4.69, 9.17) is 4.74 Å². The summed E-state index contributed by atoms with van der Waals surface area (Å²) in [6.07, 6.45) is 3.87. The Morgan fingerprint density at radius 2 is 1.68 bits per heavy atom. The molecular formula is C26H21N3O2. The van der Waals surface area contributed by atoms with Crippen molar-refractivity contribution in [2.75, 3.05) is 6.61 Å². The minimum absolute atomic E-state index is 0.278. The summed E-state index contributed by atoms with van der Waals surface area (Å²) in [6.45, 7) is 2.34. The van der Waals surface area contributed by atoms with Crippen molar-refractivity contribution in [2.24, 2.45) is 0 Å². The molecule has 0 amide bonds. The molecule has 0 atom stereocenters. The van der Waals surface area contributed by atoms with Gasteiger partial charge in [0.25, 0.3) is 5.56 Å². The van der Waals surface area contributed by atoms with Gasteiger partial charge < -0.3 is 4.74 Å². The molecule has 0 aliphatic rings. The Kier molecular flexibility index (Phi) is 4.92.